The van der Waals surface area contributed by atoms with Crippen LogP contribution in [0.4, 0.5) is 0 Å². The van der Waals surface area contributed by atoms with Gasteiger partial charge in [0.15, 0.2) is 0 Å². The van der Waals surface area contributed by atoms with Crippen molar-refractivity contribution in [2.75, 3.05) is 6.54 Å². The second kappa shape index (κ2) is 7.36. The Labute approximate surface area is 160 Å². The van der Waals surface area contributed by atoms with Crippen molar-refractivity contribution in [1.29, 1.82) is 0 Å². The lowest BCUT2D eigenvalue weighted by Gasteiger charge is -2.16. The molecule has 0 unspecified atom stereocenters. The zero-order valence-corrected chi connectivity index (χ0v) is 15.2. The van der Waals surface area contributed by atoms with E-state index in [1.807, 2.05) is 18.2 Å². The zero-order chi connectivity index (χ0) is 18.8. The van der Waals surface area contributed by atoms with Crippen LogP contribution in [0.2, 0.25) is 5.02 Å². The first-order chi connectivity index (χ1) is 13.1. The van der Waals surface area contributed by atoms with Gasteiger partial charge in [-0.2, -0.15) is 0 Å². The highest BCUT2D eigenvalue weighted by Gasteiger charge is 2.34. The Bertz CT molecular complexity index is 988. The number of aromatic nitrogens is 3. The molecule has 2 amide bonds. The van der Waals surface area contributed by atoms with Gasteiger partial charge in [-0.15, -0.1) is 0 Å². The summed E-state index contributed by atoms with van der Waals surface area (Å²) in [5.41, 5.74) is 2.62. The number of carbonyl (C=O) groups is 2. The smallest absolute Gasteiger partial charge is 0.225 e. The second-order valence-corrected chi connectivity index (χ2v) is 7.03. The van der Waals surface area contributed by atoms with Crippen molar-refractivity contribution in [2.24, 2.45) is 5.92 Å². The summed E-state index contributed by atoms with van der Waals surface area (Å²) in [5, 5.41) is 3.49. The van der Waals surface area contributed by atoms with Crippen molar-refractivity contribution < 1.29 is 9.59 Å². The number of carbonyl (C=O) groups excluding carboxylic acids is 2. The Balaban J connectivity index is 1.34. The highest BCUT2D eigenvalue weighted by Crippen LogP contribution is 2.21. The van der Waals surface area contributed by atoms with Gasteiger partial charge in [-0.25, -0.2) is 4.98 Å². The molecule has 7 nitrogen and oxygen atoms in total. The van der Waals surface area contributed by atoms with Crippen LogP contribution in [0.25, 0.3) is 11.0 Å². The largest absolute Gasteiger partial charge is 0.349 e. The van der Waals surface area contributed by atoms with Crippen LogP contribution in [-0.4, -0.2) is 38.2 Å². The van der Waals surface area contributed by atoms with Crippen LogP contribution in [0.3, 0.4) is 0 Å². The maximum atomic E-state index is 12.5. The Morgan fingerprint density at radius 2 is 2.11 bits per heavy atom. The van der Waals surface area contributed by atoms with Gasteiger partial charge in [0.2, 0.25) is 11.8 Å². The van der Waals surface area contributed by atoms with Crippen molar-refractivity contribution in [1.82, 2.24) is 25.2 Å². The van der Waals surface area contributed by atoms with Crippen LogP contribution >= 0.6 is 11.6 Å². The Morgan fingerprint density at radius 3 is 2.93 bits per heavy atom. The van der Waals surface area contributed by atoms with Crippen LogP contribution in [-0.2, 0) is 22.7 Å². The maximum absolute atomic E-state index is 12.5. The van der Waals surface area contributed by atoms with Gasteiger partial charge in [-0.3, -0.25) is 14.6 Å². The highest BCUT2D eigenvalue weighted by atomic mass is 35.5. The van der Waals surface area contributed by atoms with E-state index in [1.165, 1.54) is 0 Å². The van der Waals surface area contributed by atoms with Gasteiger partial charge in [-0.1, -0.05) is 11.6 Å². The van der Waals surface area contributed by atoms with Gasteiger partial charge >= 0.3 is 0 Å². The third kappa shape index (κ3) is 3.93. The predicted molar refractivity (Wildman–Crippen MR) is 101 cm³/mol. The lowest BCUT2D eigenvalue weighted by Crippen LogP contribution is -2.32. The first-order valence-corrected chi connectivity index (χ1v) is 9.05. The van der Waals surface area contributed by atoms with E-state index in [-0.39, 0.29) is 30.7 Å². The highest BCUT2D eigenvalue weighted by molar-refractivity contribution is 6.31. The van der Waals surface area contributed by atoms with Gasteiger partial charge in [0, 0.05) is 36.9 Å². The van der Waals surface area contributed by atoms with E-state index in [9.17, 15) is 9.59 Å². The quantitative estimate of drug-likeness (QED) is 0.707. The number of nitrogens with zero attached hydrogens (tertiary/aromatic N) is 3. The molecular weight excluding hydrogens is 366 g/mol. The normalized spacial score (nSPS) is 16.9. The molecule has 1 aromatic carbocycles. The summed E-state index contributed by atoms with van der Waals surface area (Å²) in [7, 11) is 0. The van der Waals surface area contributed by atoms with Gasteiger partial charge in [-0.05, 0) is 35.9 Å². The van der Waals surface area contributed by atoms with Crippen LogP contribution in [0.1, 0.15) is 17.8 Å². The Hall–Kier alpha value is -2.93. The number of imidazole rings is 1. The fraction of sp³-hybridized carbons (Fsp3) is 0.263. The van der Waals surface area contributed by atoms with Crippen LogP contribution in [0.5, 0.6) is 0 Å². The summed E-state index contributed by atoms with van der Waals surface area (Å²) < 4.78 is 0. The van der Waals surface area contributed by atoms with E-state index in [1.54, 1.807) is 29.4 Å². The molecule has 1 saturated heterocycles. The number of pyridine rings is 1. The predicted octanol–water partition coefficient (Wildman–Crippen LogP) is 2.28. The monoisotopic (exact) mass is 383 g/mol. The molecule has 1 aliphatic heterocycles. The van der Waals surface area contributed by atoms with Crippen LogP contribution in [0, 0.1) is 5.92 Å². The van der Waals surface area contributed by atoms with Gasteiger partial charge in [0.05, 0.1) is 23.5 Å². The molecule has 3 heterocycles. The standard InChI is InChI=1S/C19H18ClN5O2/c20-14-1-2-15-16(8-14)24-17(23-15)9-22-19(27)13-7-18(26)25(11-13)10-12-3-5-21-6-4-12/h1-6,8,13H,7,9-11H2,(H,22,27)(H,23,24)/t13-/m0/s1. The summed E-state index contributed by atoms with van der Waals surface area (Å²) >= 11 is 5.97. The molecule has 27 heavy (non-hydrogen) atoms. The molecular formula is C19H18ClN5O2. The number of likely N-dealkylation sites (tertiary alicyclic amines) is 1. The van der Waals surface area contributed by atoms with E-state index in [2.05, 4.69) is 20.3 Å². The molecule has 1 atom stereocenters. The number of hydrogen-bond acceptors (Lipinski definition) is 4. The first-order valence-electron chi connectivity index (χ1n) is 8.67. The van der Waals surface area contributed by atoms with Crippen LogP contribution in [0.15, 0.2) is 42.7 Å². The van der Waals surface area contributed by atoms with E-state index in [0.717, 1.165) is 16.6 Å². The van der Waals surface area contributed by atoms with E-state index in [0.29, 0.717) is 23.9 Å². The van der Waals surface area contributed by atoms with Crippen molar-refractivity contribution in [3.63, 3.8) is 0 Å². The molecule has 0 aliphatic carbocycles. The number of halogens is 1. The number of aromatic amines is 1. The molecule has 1 aliphatic rings. The minimum atomic E-state index is -0.349. The summed E-state index contributed by atoms with van der Waals surface area (Å²) in [6.07, 6.45) is 3.62. The van der Waals surface area contributed by atoms with Gasteiger partial charge < -0.3 is 15.2 Å². The van der Waals surface area contributed by atoms with Crippen molar-refractivity contribution in [3.05, 3.63) is 59.1 Å². The summed E-state index contributed by atoms with van der Waals surface area (Å²) in [6.45, 7) is 1.19. The topological polar surface area (TPSA) is 91.0 Å². The summed E-state index contributed by atoms with van der Waals surface area (Å²) in [5.74, 6) is 0.154. The van der Waals surface area contributed by atoms with Crippen molar-refractivity contribution in [2.45, 2.75) is 19.5 Å². The summed E-state index contributed by atoms with van der Waals surface area (Å²) in [4.78, 5) is 37.9. The fourth-order valence-electron chi connectivity index (χ4n) is 3.24. The third-order valence-electron chi connectivity index (χ3n) is 4.63. The molecule has 3 aromatic rings. The minimum absolute atomic E-state index is 0.00894. The second-order valence-electron chi connectivity index (χ2n) is 6.59. The molecule has 0 bridgehead atoms. The fourth-order valence-corrected chi connectivity index (χ4v) is 3.41. The third-order valence-corrected chi connectivity index (χ3v) is 4.87. The zero-order valence-electron chi connectivity index (χ0n) is 14.5. The number of fused-ring (bicyclic) bond motifs is 1. The number of nitrogens with one attached hydrogen (secondary N) is 2. The Morgan fingerprint density at radius 1 is 1.30 bits per heavy atom. The average molecular weight is 384 g/mol. The van der Waals surface area contributed by atoms with Crippen molar-refractivity contribution in [3.8, 4) is 0 Å². The molecule has 4 rings (SSSR count). The van der Waals surface area contributed by atoms with Crippen molar-refractivity contribution >= 4 is 34.4 Å². The lowest BCUT2D eigenvalue weighted by atomic mass is 10.1. The number of H-pyrrole nitrogens is 1. The summed E-state index contributed by atoms with van der Waals surface area (Å²) in [6, 6.07) is 9.13. The molecule has 138 valence electrons. The molecule has 0 radical (unpaired) electrons. The molecule has 8 heteroatoms. The number of benzene rings is 1. The SMILES string of the molecule is O=C(NCc1nc2ccc(Cl)cc2[nH]1)[C@H]1CC(=O)N(Cc2ccncc2)C1. The molecule has 2 N–H and O–H groups in total. The van der Waals surface area contributed by atoms with E-state index in [4.69, 9.17) is 11.6 Å². The first kappa shape index (κ1) is 17.5. The lowest BCUT2D eigenvalue weighted by molar-refractivity contribution is -0.129. The molecule has 2 aromatic heterocycles. The maximum Gasteiger partial charge on any atom is 0.225 e. The minimum Gasteiger partial charge on any atom is -0.349 e. The van der Waals surface area contributed by atoms with Gasteiger partial charge in [0.1, 0.15) is 5.82 Å². The average Bonchev–Trinajstić information content (AvgIpc) is 3.23. The number of rotatable bonds is 5. The molecule has 1 fully saturated rings. The Kier molecular flexibility index (Phi) is 4.77. The number of amides is 2. The van der Waals surface area contributed by atoms with Crippen LogP contribution < -0.4 is 5.32 Å². The molecule has 0 saturated carbocycles. The van der Waals surface area contributed by atoms with E-state index >= 15 is 0 Å². The number of hydrogen-bond donors (Lipinski definition) is 2. The van der Waals surface area contributed by atoms with Gasteiger partial charge in [0.25, 0.3) is 0 Å². The van der Waals surface area contributed by atoms with E-state index < -0.39 is 0 Å². The molecule has 0 spiro atoms.